The Balaban J connectivity index is 0.985. The Hall–Kier alpha value is -7.57. The minimum Gasteiger partial charge on any atom is -0.508 e. The van der Waals surface area contributed by atoms with E-state index in [0.29, 0.717) is 63.5 Å². The summed E-state index contributed by atoms with van der Waals surface area (Å²) in [6.07, 6.45) is -2.75. The van der Waals surface area contributed by atoms with Gasteiger partial charge >= 0.3 is 11.9 Å². The smallest absolute Gasteiger partial charge is 0.416 e. The second-order valence-corrected chi connectivity index (χ2v) is 15.5. The standard InChI is InChI=1S/C45H45F3N10O6/c1-3-26-20-33(38(61)23-37(26)60)42-53-54-44(64)58(42)29-10-9-28(34(21-29)45(46,47)48)24-50-39(62)11-13-49-43-51-35-25-57(36-22-30(59)19-27-7-5-6-8-31(27)36)14-12-32(35)41(52-43)56-17-15-55(16-18-56)40(63)4-2/h4-10,19-23,59-61H,2-3,11-18,24-25H2,1H3,(H,50,62)(H,54,64)(H,49,51,52). The lowest BCUT2D eigenvalue weighted by molar-refractivity contribution is -0.138. The van der Waals surface area contributed by atoms with Gasteiger partial charge < -0.3 is 40.7 Å². The van der Waals surface area contributed by atoms with Gasteiger partial charge in [0.2, 0.25) is 17.8 Å². The van der Waals surface area contributed by atoms with E-state index in [2.05, 4.69) is 37.2 Å². The first-order chi connectivity index (χ1) is 30.7. The lowest BCUT2D eigenvalue weighted by Crippen LogP contribution is -2.49. The molecule has 4 heterocycles. The molecule has 332 valence electrons. The van der Waals surface area contributed by atoms with E-state index in [4.69, 9.17) is 9.97 Å². The maximum Gasteiger partial charge on any atom is 0.416 e. The van der Waals surface area contributed by atoms with Crippen LogP contribution in [0.2, 0.25) is 0 Å². The number of alkyl halides is 3. The van der Waals surface area contributed by atoms with Crippen LogP contribution in [0.3, 0.4) is 0 Å². The maximum atomic E-state index is 14.5. The van der Waals surface area contributed by atoms with Gasteiger partial charge in [-0.15, -0.1) is 0 Å². The Morgan fingerprint density at radius 3 is 2.45 bits per heavy atom. The number of carbonyl (C=O) groups is 2. The number of hydrogen-bond acceptors (Lipinski definition) is 12. The highest BCUT2D eigenvalue weighted by atomic mass is 19.4. The van der Waals surface area contributed by atoms with Gasteiger partial charge in [0.25, 0.3) is 0 Å². The Labute approximate surface area is 364 Å². The monoisotopic (exact) mass is 878 g/mol. The molecule has 19 heteroatoms. The minimum absolute atomic E-state index is 0.0207. The topological polar surface area (TPSA) is 205 Å². The summed E-state index contributed by atoms with van der Waals surface area (Å²) in [4.78, 5) is 54.1. The molecule has 0 spiro atoms. The summed E-state index contributed by atoms with van der Waals surface area (Å²) >= 11 is 0. The number of piperazine rings is 1. The number of nitrogens with one attached hydrogen (secondary N) is 3. The fourth-order valence-electron chi connectivity index (χ4n) is 8.25. The molecular weight excluding hydrogens is 834 g/mol. The minimum atomic E-state index is -4.87. The van der Waals surface area contributed by atoms with Gasteiger partial charge in [-0.2, -0.15) is 23.3 Å². The number of H-pyrrole nitrogens is 1. The van der Waals surface area contributed by atoms with Crippen molar-refractivity contribution in [3.8, 4) is 34.3 Å². The Morgan fingerprint density at radius 1 is 0.922 bits per heavy atom. The van der Waals surface area contributed by atoms with Crippen molar-refractivity contribution in [2.24, 2.45) is 0 Å². The zero-order valence-corrected chi connectivity index (χ0v) is 34.7. The number of aromatic amines is 1. The van der Waals surface area contributed by atoms with E-state index in [9.17, 15) is 42.9 Å². The fourth-order valence-corrected chi connectivity index (χ4v) is 8.25. The molecule has 0 atom stereocenters. The number of carbonyl (C=O) groups excluding carboxylic acids is 2. The number of aryl methyl sites for hydroxylation is 1. The summed E-state index contributed by atoms with van der Waals surface area (Å²) in [5.41, 5.74) is 0.604. The molecule has 1 fully saturated rings. The molecule has 2 aromatic heterocycles. The third-order valence-electron chi connectivity index (χ3n) is 11.5. The first-order valence-electron chi connectivity index (χ1n) is 20.7. The van der Waals surface area contributed by atoms with E-state index in [1.165, 1.54) is 18.2 Å². The lowest BCUT2D eigenvalue weighted by atomic mass is 10.0. The zero-order valence-electron chi connectivity index (χ0n) is 34.7. The van der Waals surface area contributed by atoms with Gasteiger partial charge in [0.1, 0.15) is 23.1 Å². The predicted molar refractivity (Wildman–Crippen MR) is 234 cm³/mol. The predicted octanol–water partition coefficient (Wildman–Crippen LogP) is 5.38. The number of amides is 2. The third kappa shape index (κ3) is 8.73. The van der Waals surface area contributed by atoms with Crippen LogP contribution in [0.15, 0.2) is 84.2 Å². The molecule has 16 nitrogen and oxygen atoms in total. The number of rotatable bonds is 12. The largest absolute Gasteiger partial charge is 0.508 e. The van der Waals surface area contributed by atoms with Crippen LogP contribution in [0.5, 0.6) is 17.2 Å². The fraction of sp³-hybridized carbons (Fsp3) is 0.289. The molecule has 1 saturated heterocycles. The molecule has 2 aliphatic heterocycles. The molecule has 64 heavy (non-hydrogen) atoms. The van der Waals surface area contributed by atoms with Crippen molar-refractivity contribution in [3.05, 3.63) is 118 Å². The van der Waals surface area contributed by atoms with Crippen molar-refractivity contribution in [2.45, 2.75) is 45.5 Å². The number of fused-ring (bicyclic) bond motifs is 2. The average Bonchev–Trinajstić information content (AvgIpc) is 3.67. The number of phenolic OH excluding ortho intramolecular Hbond substituents is 3. The van der Waals surface area contributed by atoms with Crippen LogP contribution < -0.4 is 26.1 Å². The van der Waals surface area contributed by atoms with Crippen LogP contribution in [-0.4, -0.2) is 96.0 Å². The van der Waals surface area contributed by atoms with Crippen LogP contribution >= 0.6 is 0 Å². The van der Waals surface area contributed by atoms with Crippen LogP contribution in [-0.2, 0) is 41.7 Å². The normalized spacial score (nSPS) is 14.1. The number of nitrogens with zero attached hydrogens (tertiary/aromatic N) is 7. The number of anilines is 3. The highest BCUT2D eigenvalue weighted by molar-refractivity contribution is 5.96. The van der Waals surface area contributed by atoms with Crippen molar-refractivity contribution in [2.75, 3.05) is 54.4 Å². The summed E-state index contributed by atoms with van der Waals surface area (Å²) in [6.45, 7) is 7.95. The van der Waals surface area contributed by atoms with E-state index in [1.807, 2.05) is 24.3 Å². The molecule has 6 aromatic rings. The van der Waals surface area contributed by atoms with Crippen molar-refractivity contribution in [3.63, 3.8) is 0 Å². The summed E-state index contributed by atoms with van der Waals surface area (Å²) in [5.74, 6) is -0.375. The summed E-state index contributed by atoms with van der Waals surface area (Å²) in [5, 5.41) is 45.0. The average molecular weight is 879 g/mol. The molecule has 8 rings (SSSR count). The van der Waals surface area contributed by atoms with Gasteiger partial charge in [-0.05, 0) is 59.7 Å². The van der Waals surface area contributed by atoms with Crippen molar-refractivity contribution >= 4 is 40.0 Å². The molecule has 4 aromatic carbocycles. The van der Waals surface area contributed by atoms with Gasteiger partial charge in [-0.25, -0.2) is 19.4 Å². The number of aromatic nitrogens is 5. The molecule has 6 N–H and O–H groups in total. The SMILES string of the molecule is C=CC(=O)N1CCN(c2nc(NCCC(=O)NCc3ccc(-n4c(-c5cc(CC)c(O)cc5O)n[nH]c4=O)cc3C(F)(F)F)nc3c2CCN(c2cc(O)cc4ccccc24)C3)CC1. The molecule has 2 aliphatic rings. The van der Waals surface area contributed by atoms with Crippen molar-refractivity contribution < 1.29 is 38.1 Å². The van der Waals surface area contributed by atoms with E-state index in [-0.39, 0.29) is 59.0 Å². The number of aromatic hydroxyl groups is 3. The van der Waals surface area contributed by atoms with E-state index < -0.39 is 35.6 Å². The second kappa shape index (κ2) is 17.7. The first-order valence-corrected chi connectivity index (χ1v) is 20.7. The lowest BCUT2D eigenvalue weighted by Gasteiger charge is -2.38. The highest BCUT2D eigenvalue weighted by Gasteiger charge is 2.35. The van der Waals surface area contributed by atoms with Crippen molar-refractivity contribution in [1.82, 2.24) is 34.9 Å². The van der Waals surface area contributed by atoms with Crippen LogP contribution in [0, 0.1) is 0 Å². The number of halogens is 3. The summed E-state index contributed by atoms with van der Waals surface area (Å²) in [7, 11) is 0. The highest BCUT2D eigenvalue weighted by Crippen LogP contribution is 2.38. The van der Waals surface area contributed by atoms with Gasteiger partial charge in [0.05, 0.1) is 29.1 Å². The summed E-state index contributed by atoms with van der Waals surface area (Å²) in [6, 6.07) is 16.9. The van der Waals surface area contributed by atoms with Gasteiger partial charge in [0, 0.05) is 81.0 Å². The van der Waals surface area contributed by atoms with Crippen LogP contribution in [0.25, 0.3) is 27.8 Å². The Bertz CT molecular complexity index is 2840. The molecule has 0 aliphatic carbocycles. The molecule has 0 radical (unpaired) electrons. The van der Waals surface area contributed by atoms with Gasteiger partial charge in [-0.1, -0.05) is 43.8 Å². The Morgan fingerprint density at radius 2 is 1.70 bits per heavy atom. The van der Waals surface area contributed by atoms with E-state index in [1.54, 1.807) is 24.0 Å². The molecular formula is C45H45F3N10O6. The molecule has 0 bridgehead atoms. The number of phenols is 3. The van der Waals surface area contributed by atoms with E-state index in [0.717, 1.165) is 50.5 Å². The van der Waals surface area contributed by atoms with Crippen LogP contribution in [0.1, 0.15) is 41.3 Å². The van der Waals surface area contributed by atoms with Gasteiger partial charge in [0.15, 0.2) is 5.82 Å². The Kier molecular flexibility index (Phi) is 11.9. The second-order valence-electron chi connectivity index (χ2n) is 15.5. The molecule has 2 amide bonds. The molecule has 0 saturated carbocycles. The summed E-state index contributed by atoms with van der Waals surface area (Å²) < 4.78 is 44.5. The van der Waals surface area contributed by atoms with Gasteiger partial charge in [-0.3, -0.25) is 9.59 Å². The van der Waals surface area contributed by atoms with E-state index >= 15 is 0 Å². The third-order valence-corrected chi connectivity index (χ3v) is 11.5. The zero-order chi connectivity index (χ0) is 45.3. The molecule has 0 unspecified atom stereocenters. The quantitative estimate of drug-likeness (QED) is 0.0858. The van der Waals surface area contributed by atoms with Crippen LogP contribution in [0.4, 0.5) is 30.6 Å². The first kappa shape index (κ1) is 43.1. The maximum absolute atomic E-state index is 14.5. The number of hydrogen-bond donors (Lipinski definition) is 6. The number of benzene rings is 4. The van der Waals surface area contributed by atoms with Crippen molar-refractivity contribution in [1.29, 1.82) is 0 Å².